The zero-order valence-electron chi connectivity index (χ0n) is 9.64. The third kappa shape index (κ3) is 3.06. The molecule has 1 saturated heterocycles. The second-order valence-electron chi connectivity index (χ2n) is 4.44. The molecule has 2 rings (SSSR count). The van der Waals surface area contributed by atoms with Crippen LogP contribution in [0.2, 0.25) is 0 Å². The Morgan fingerprint density at radius 2 is 1.94 bits per heavy atom. The van der Waals surface area contributed by atoms with E-state index >= 15 is 0 Å². The van der Waals surface area contributed by atoms with E-state index in [9.17, 15) is 13.2 Å². The minimum Gasteiger partial charge on any atom is -0.348 e. The monoisotopic (exact) mass is 253 g/mol. The van der Waals surface area contributed by atoms with Gasteiger partial charge in [0.2, 0.25) is 0 Å². The van der Waals surface area contributed by atoms with Crippen LogP contribution >= 0.6 is 0 Å². The Bertz CT molecular complexity index is 519. The summed E-state index contributed by atoms with van der Waals surface area (Å²) in [5, 5.41) is 2.75. The van der Waals surface area contributed by atoms with Crippen molar-refractivity contribution in [2.45, 2.75) is 19.4 Å². The Kier molecular flexibility index (Phi) is 3.19. The second kappa shape index (κ2) is 4.49. The maximum Gasteiger partial charge on any atom is 0.251 e. The largest absolute Gasteiger partial charge is 0.348 e. The van der Waals surface area contributed by atoms with E-state index in [0.717, 1.165) is 5.56 Å². The molecule has 0 spiro atoms. The smallest absolute Gasteiger partial charge is 0.251 e. The first kappa shape index (κ1) is 12.1. The summed E-state index contributed by atoms with van der Waals surface area (Å²) in [4.78, 5) is 11.8. The van der Waals surface area contributed by atoms with Crippen LogP contribution in [-0.4, -0.2) is 31.9 Å². The van der Waals surface area contributed by atoms with E-state index in [1.165, 1.54) is 0 Å². The molecule has 0 radical (unpaired) electrons. The number of rotatable bonds is 2. The number of hydrogen-bond donors (Lipinski definition) is 1. The molecule has 1 aromatic rings. The van der Waals surface area contributed by atoms with Crippen molar-refractivity contribution in [3.05, 3.63) is 35.4 Å². The number of sulfone groups is 1. The lowest BCUT2D eigenvalue weighted by atomic mass is 10.1. The van der Waals surface area contributed by atoms with Gasteiger partial charge in [0.05, 0.1) is 11.5 Å². The molecule has 1 heterocycles. The van der Waals surface area contributed by atoms with E-state index in [1.807, 2.05) is 19.1 Å². The number of aryl methyl sites for hydroxylation is 1. The van der Waals surface area contributed by atoms with Gasteiger partial charge in [-0.25, -0.2) is 8.42 Å². The van der Waals surface area contributed by atoms with Crippen LogP contribution in [-0.2, 0) is 9.84 Å². The Labute approximate surface area is 101 Å². The van der Waals surface area contributed by atoms with Gasteiger partial charge >= 0.3 is 0 Å². The van der Waals surface area contributed by atoms with Crippen LogP contribution in [0.25, 0.3) is 0 Å². The van der Waals surface area contributed by atoms with Gasteiger partial charge in [-0.1, -0.05) is 17.7 Å². The molecule has 1 amide bonds. The van der Waals surface area contributed by atoms with Gasteiger partial charge in [-0.2, -0.15) is 0 Å². The molecule has 4 nitrogen and oxygen atoms in total. The molecule has 1 N–H and O–H groups in total. The number of carbonyl (C=O) groups is 1. The molecule has 1 atom stereocenters. The zero-order chi connectivity index (χ0) is 12.5. The van der Waals surface area contributed by atoms with Crippen molar-refractivity contribution in [1.29, 1.82) is 0 Å². The van der Waals surface area contributed by atoms with Gasteiger partial charge in [0, 0.05) is 11.6 Å². The third-order valence-electron chi connectivity index (χ3n) is 2.88. The van der Waals surface area contributed by atoms with Crippen LogP contribution in [0.4, 0.5) is 0 Å². The number of amides is 1. The number of hydrogen-bond acceptors (Lipinski definition) is 3. The van der Waals surface area contributed by atoms with Gasteiger partial charge in [-0.15, -0.1) is 0 Å². The van der Waals surface area contributed by atoms with Crippen molar-refractivity contribution in [3.8, 4) is 0 Å². The maximum atomic E-state index is 11.8. The first-order valence-corrected chi connectivity index (χ1v) is 7.36. The molecule has 0 aromatic heterocycles. The maximum absolute atomic E-state index is 11.8. The SMILES string of the molecule is Cc1ccc(C(=O)N[C@H]2CCS(=O)(=O)C2)cc1. The average molecular weight is 253 g/mol. The van der Waals surface area contributed by atoms with Crippen LogP contribution in [0.1, 0.15) is 22.3 Å². The fraction of sp³-hybridized carbons (Fsp3) is 0.417. The van der Waals surface area contributed by atoms with E-state index < -0.39 is 9.84 Å². The highest BCUT2D eigenvalue weighted by Crippen LogP contribution is 2.12. The van der Waals surface area contributed by atoms with Crippen molar-refractivity contribution in [2.75, 3.05) is 11.5 Å². The fourth-order valence-electron chi connectivity index (χ4n) is 1.88. The van der Waals surface area contributed by atoms with Crippen molar-refractivity contribution >= 4 is 15.7 Å². The molecule has 1 fully saturated rings. The molecular weight excluding hydrogens is 238 g/mol. The van der Waals surface area contributed by atoms with E-state index in [2.05, 4.69) is 5.32 Å². The quantitative estimate of drug-likeness (QED) is 0.852. The Hall–Kier alpha value is -1.36. The minimum absolute atomic E-state index is 0.0601. The van der Waals surface area contributed by atoms with Gasteiger partial charge in [-0.05, 0) is 25.5 Å². The molecule has 1 aromatic carbocycles. The molecule has 0 bridgehead atoms. The average Bonchev–Trinajstić information content (AvgIpc) is 2.59. The van der Waals surface area contributed by atoms with E-state index in [1.54, 1.807) is 12.1 Å². The van der Waals surface area contributed by atoms with Crippen molar-refractivity contribution in [3.63, 3.8) is 0 Å². The van der Waals surface area contributed by atoms with E-state index in [-0.39, 0.29) is 23.5 Å². The van der Waals surface area contributed by atoms with Gasteiger partial charge in [0.1, 0.15) is 0 Å². The predicted molar refractivity (Wildman–Crippen MR) is 65.7 cm³/mol. The number of benzene rings is 1. The molecule has 92 valence electrons. The highest BCUT2D eigenvalue weighted by Gasteiger charge is 2.28. The van der Waals surface area contributed by atoms with Crippen LogP contribution < -0.4 is 5.32 Å². The molecule has 17 heavy (non-hydrogen) atoms. The van der Waals surface area contributed by atoms with E-state index in [4.69, 9.17) is 0 Å². The first-order valence-electron chi connectivity index (χ1n) is 5.54. The summed E-state index contributed by atoms with van der Waals surface area (Å²) in [7, 11) is -2.94. The summed E-state index contributed by atoms with van der Waals surface area (Å²) >= 11 is 0. The summed E-state index contributed by atoms with van der Waals surface area (Å²) in [6, 6.07) is 6.97. The second-order valence-corrected chi connectivity index (χ2v) is 6.67. The van der Waals surface area contributed by atoms with Gasteiger partial charge < -0.3 is 5.32 Å². The van der Waals surface area contributed by atoms with Crippen LogP contribution in [0, 0.1) is 6.92 Å². The van der Waals surface area contributed by atoms with Crippen molar-refractivity contribution < 1.29 is 13.2 Å². The summed E-state index contributed by atoms with van der Waals surface area (Å²) in [5.41, 5.74) is 1.66. The number of nitrogens with one attached hydrogen (secondary N) is 1. The number of carbonyl (C=O) groups excluding carboxylic acids is 1. The Morgan fingerprint density at radius 3 is 2.47 bits per heavy atom. The van der Waals surface area contributed by atoms with Gasteiger partial charge in [0.15, 0.2) is 9.84 Å². The Balaban J connectivity index is 2.01. The molecule has 0 saturated carbocycles. The minimum atomic E-state index is -2.94. The van der Waals surface area contributed by atoms with Crippen LogP contribution in [0.15, 0.2) is 24.3 Å². The molecule has 0 unspecified atom stereocenters. The predicted octanol–water partition coefficient (Wildman–Crippen LogP) is 0.912. The Morgan fingerprint density at radius 1 is 1.29 bits per heavy atom. The van der Waals surface area contributed by atoms with Gasteiger partial charge in [0.25, 0.3) is 5.91 Å². The van der Waals surface area contributed by atoms with Crippen LogP contribution in [0.3, 0.4) is 0 Å². The first-order chi connectivity index (χ1) is 7.96. The topological polar surface area (TPSA) is 63.2 Å². The standard InChI is InChI=1S/C12H15NO3S/c1-9-2-4-10(5-3-9)12(14)13-11-6-7-17(15,16)8-11/h2-5,11H,6-8H2,1H3,(H,13,14)/t11-/m0/s1. The highest BCUT2D eigenvalue weighted by molar-refractivity contribution is 7.91. The van der Waals surface area contributed by atoms with Gasteiger partial charge in [-0.3, -0.25) is 4.79 Å². The zero-order valence-corrected chi connectivity index (χ0v) is 10.5. The van der Waals surface area contributed by atoms with Crippen molar-refractivity contribution in [1.82, 2.24) is 5.32 Å². The normalized spacial score (nSPS) is 22.3. The molecule has 1 aliphatic heterocycles. The lowest BCUT2D eigenvalue weighted by Crippen LogP contribution is -2.35. The van der Waals surface area contributed by atoms with Crippen molar-refractivity contribution in [2.24, 2.45) is 0 Å². The molecular formula is C12H15NO3S. The lowest BCUT2D eigenvalue weighted by molar-refractivity contribution is 0.0941. The third-order valence-corrected chi connectivity index (χ3v) is 4.65. The summed E-state index contributed by atoms with van der Waals surface area (Å²) in [5.74, 6) is 0.0308. The van der Waals surface area contributed by atoms with E-state index in [0.29, 0.717) is 12.0 Å². The highest BCUT2D eigenvalue weighted by atomic mass is 32.2. The summed E-state index contributed by atoms with van der Waals surface area (Å²) in [6.07, 6.45) is 0.514. The van der Waals surface area contributed by atoms with Crippen LogP contribution in [0.5, 0.6) is 0 Å². The summed E-state index contributed by atoms with van der Waals surface area (Å²) in [6.45, 7) is 1.95. The fourth-order valence-corrected chi connectivity index (χ4v) is 3.56. The lowest BCUT2D eigenvalue weighted by Gasteiger charge is -2.10. The summed E-state index contributed by atoms with van der Waals surface area (Å²) < 4.78 is 22.5. The molecule has 1 aliphatic rings. The molecule has 5 heteroatoms. The molecule has 0 aliphatic carbocycles.